The van der Waals surface area contributed by atoms with Gasteiger partial charge in [0.25, 0.3) is 0 Å². The maximum atomic E-state index is 11.4. The summed E-state index contributed by atoms with van der Waals surface area (Å²) in [6.45, 7) is 2.71. The third-order valence-electron chi connectivity index (χ3n) is 2.46. The van der Waals surface area contributed by atoms with Crippen molar-refractivity contribution < 1.29 is 9.59 Å². The molecule has 1 unspecified atom stereocenters. The highest BCUT2D eigenvalue weighted by Crippen LogP contribution is 2.18. The van der Waals surface area contributed by atoms with Crippen LogP contribution in [0.5, 0.6) is 0 Å². The summed E-state index contributed by atoms with van der Waals surface area (Å²) in [6, 6.07) is 0. The Morgan fingerprint density at radius 2 is 2.07 bits per heavy atom. The fourth-order valence-electron chi connectivity index (χ4n) is 1.60. The van der Waals surface area contributed by atoms with Crippen LogP contribution in [-0.2, 0) is 9.59 Å². The van der Waals surface area contributed by atoms with Crippen LogP contribution < -0.4 is 0 Å². The Balaban J connectivity index is 2.30. The van der Waals surface area contributed by atoms with Gasteiger partial charge in [0.15, 0.2) is 0 Å². The topological polar surface area (TPSA) is 37.4 Å². The molecule has 0 aromatic carbocycles. The maximum absolute atomic E-state index is 11.4. The summed E-state index contributed by atoms with van der Waals surface area (Å²) in [7, 11) is 0. The van der Waals surface area contributed by atoms with Gasteiger partial charge in [0.2, 0.25) is 11.8 Å². The molecular weight excluding hydrogens is 198 g/mol. The molecular formula is C10H17NO2S. The number of unbranched alkanes of at least 4 members (excludes halogenated alkanes) is 3. The summed E-state index contributed by atoms with van der Waals surface area (Å²) in [4.78, 5) is 24.1. The normalized spacial score (nSPS) is 22.1. The second-order valence-electron chi connectivity index (χ2n) is 3.66. The summed E-state index contributed by atoms with van der Waals surface area (Å²) in [5.74, 6) is -0.179. The molecule has 0 aromatic heterocycles. The van der Waals surface area contributed by atoms with Gasteiger partial charge in [-0.05, 0) is 6.42 Å². The number of likely N-dealkylation sites (tertiary alicyclic amines) is 1. The summed E-state index contributed by atoms with van der Waals surface area (Å²) in [5, 5.41) is -0.395. The molecule has 0 N–H and O–H groups in total. The number of carbonyl (C=O) groups excluding carboxylic acids is 2. The predicted octanol–water partition coefficient (Wildman–Crippen LogP) is 1.62. The zero-order valence-electron chi connectivity index (χ0n) is 8.53. The molecule has 0 radical (unpaired) electrons. The van der Waals surface area contributed by atoms with E-state index < -0.39 is 5.25 Å². The highest BCUT2D eigenvalue weighted by molar-refractivity contribution is 7.81. The number of imide groups is 1. The molecule has 1 aliphatic rings. The average Bonchev–Trinajstić information content (AvgIpc) is 2.38. The van der Waals surface area contributed by atoms with Crippen LogP contribution in [0.3, 0.4) is 0 Å². The van der Waals surface area contributed by atoms with Crippen LogP contribution in [0.2, 0.25) is 0 Å². The first-order valence-corrected chi connectivity index (χ1v) is 5.70. The van der Waals surface area contributed by atoms with Gasteiger partial charge in [0.1, 0.15) is 0 Å². The van der Waals surface area contributed by atoms with Crippen LogP contribution in [-0.4, -0.2) is 28.5 Å². The van der Waals surface area contributed by atoms with E-state index >= 15 is 0 Å². The Morgan fingerprint density at radius 3 is 2.57 bits per heavy atom. The second kappa shape index (κ2) is 5.39. The quantitative estimate of drug-likeness (QED) is 0.430. The Labute approximate surface area is 90.3 Å². The second-order valence-corrected chi connectivity index (χ2v) is 4.29. The number of nitrogens with zero attached hydrogens (tertiary/aromatic N) is 1. The Hall–Kier alpha value is -0.510. The van der Waals surface area contributed by atoms with E-state index in [1.807, 2.05) is 0 Å². The molecule has 0 saturated carbocycles. The summed E-state index contributed by atoms with van der Waals surface area (Å²) in [5.41, 5.74) is 0. The van der Waals surface area contributed by atoms with Crippen molar-refractivity contribution in [3.8, 4) is 0 Å². The standard InChI is InChI=1S/C10H17NO2S/c1-2-3-4-5-6-11-9(12)7-8(14)10(11)13/h8,14H,2-7H2,1H3. The highest BCUT2D eigenvalue weighted by atomic mass is 32.1. The van der Waals surface area contributed by atoms with Gasteiger partial charge in [0.05, 0.1) is 5.25 Å². The molecule has 3 nitrogen and oxygen atoms in total. The zero-order valence-corrected chi connectivity index (χ0v) is 9.43. The first-order chi connectivity index (χ1) is 6.66. The van der Waals surface area contributed by atoms with E-state index in [9.17, 15) is 9.59 Å². The molecule has 1 heterocycles. The average molecular weight is 215 g/mol. The third-order valence-corrected chi connectivity index (χ3v) is 2.86. The van der Waals surface area contributed by atoms with Gasteiger partial charge in [-0.25, -0.2) is 0 Å². The van der Waals surface area contributed by atoms with Gasteiger partial charge >= 0.3 is 0 Å². The first kappa shape index (κ1) is 11.6. The summed E-state index contributed by atoms with van der Waals surface area (Å²) >= 11 is 4.06. The molecule has 2 amide bonds. The van der Waals surface area contributed by atoms with Crippen molar-refractivity contribution in [3.63, 3.8) is 0 Å². The number of carbonyl (C=O) groups is 2. The Bertz CT molecular complexity index is 230. The van der Waals surface area contributed by atoms with Crippen molar-refractivity contribution in [1.82, 2.24) is 4.90 Å². The van der Waals surface area contributed by atoms with Crippen LogP contribution >= 0.6 is 12.6 Å². The molecule has 0 aliphatic carbocycles. The van der Waals surface area contributed by atoms with Crippen molar-refractivity contribution in [2.75, 3.05) is 6.54 Å². The van der Waals surface area contributed by atoms with Gasteiger partial charge in [-0.1, -0.05) is 26.2 Å². The third kappa shape index (κ3) is 2.74. The van der Waals surface area contributed by atoms with Crippen molar-refractivity contribution >= 4 is 24.4 Å². The lowest BCUT2D eigenvalue weighted by atomic mass is 10.2. The van der Waals surface area contributed by atoms with Crippen LogP contribution in [0.25, 0.3) is 0 Å². The SMILES string of the molecule is CCCCCCN1C(=O)CC(S)C1=O. The highest BCUT2D eigenvalue weighted by Gasteiger charge is 2.35. The zero-order chi connectivity index (χ0) is 10.6. The lowest BCUT2D eigenvalue weighted by Crippen LogP contribution is -2.31. The molecule has 1 fully saturated rings. The molecule has 1 aliphatic heterocycles. The summed E-state index contributed by atoms with van der Waals surface area (Å²) < 4.78 is 0. The fraction of sp³-hybridized carbons (Fsp3) is 0.800. The van der Waals surface area contributed by atoms with E-state index in [4.69, 9.17) is 0 Å². The molecule has 0 bridgehead atoms. The van der Waals surface area contributed by atoms with E-state index in [0.29, 0.717) is 6.54 Å². The largest absolute Gasteiger partial charge is 0.282 e. The van der Waals surface area contributed by atoms with Gasteiger partial charge in [-0.2, -0.15) is 12.6 Å². The maximum Gasteiger partial charge on any atom is 0.242 e. The van der Waals surface area contributed by atoms with Crippen molar-refractivity contribution in [2.45, 2.75) is 44.3 Å². The van der Waals surface area contributed by atoms with Crippen LogP contribution in [0.15, 0.2) is 0 Å². The number of rotatable bonds is 5. The number of amides is 2. The van der Waals surface area contributed by atoms with Crippen molar-refractivity contribution in [2.24, 2.45) is 0 Å². The Morgan fingerprint density at radius 1 is 1.36 bits per heavy atom. The fourth-order valence-corrected chi connectivity index (χ4v) is 1.89. The van der Waals surface area contributed by atoms with Crippen molar-refractivity contribution in [3.05, 3.63) is 0 Å². The molecule has 1 saturated heterocycles. The number of hydrogen-bond donors (Lipinski definition) is 1. The van der Waals surface area contributed by atoms with E-state index in [1.54, 1.807) is 0 Å². The minimum absolute atomic E-state index is 0.0634. The van der Waals surface area contributed by atoms with E-state index in [0.717, 1.165) is 19.3 Å². The molecule has 80 valence electrons. The molecule has 0 aromatic rings. The minimum Gasteiger partial charge on any atom is -0.282 e. The van der Waals surface area contributed by atoms with Gasteiger partial charge in [-0.3, -0.25) is 14.5 Å². The van der Waals surface area contributed by atoms with Crippen molar-refractivity contribution in [1.29, 1.82) is 0 Å². The number of thiol groups is 1. The van der Waals surface area contributed by atoms with Gasteiger partial charge in [-0.15, -0.1) is 0 Å². The smallest absolute Gasteiger partial charge is 0.242 e. The lowest BCUT2D eigenvalue weighted by Gasteiger charge is -2.13. The molecule has 4 heteroatoms. The van der Waals surface area contributed by atoms with E-state index in [-0.39, 0.29) is 18.2 Å². The predicted molar refractivity (Wildman–Crippen MR) is 58.3 cm³/mol. The summed E-state index contributed by atoms with van der Waals surface area (Å²) in [6.07, 6.45) is 4.62. The van der Waals surface area contributed by atoms with Crippen LogP contribution in [0, 0.1) is 0 Å². The van der Waals surface area contributed by atoms with Crippen LogP contribution in [0.4, 0.5) is 0 Å². The minimum atomic E-state index is -0.395. The van der Waals surface area contributed by atoms with Crippen LogP contribution in [0.1, 0.15) is 39.0 Å². The lowest BCUT2D eigenvalue weighted by molar-refractivity contribution is -0.138. The van der Waals surface area contributed by atoms with E-state index in [2.05, 4.69) is 19.6 Å². The first-order valence-electron chi connectivity index (χ1n) is 5.19. The molecule has 0 spiro atoms. The molecule has 1 atom stereocenters. The molecule has 1 rings (SSSR count). The van der Waals surface area contributed by atoms with Gasteiger partial charge in [0, 0.05) is 13.0 Å². The number of hydrogen-bond acceptors (Lipinski definition) is 3. The van der Waals surface area contributed by atoms with Gasteiger partial charge < -0.3 is 0 Å². The molecule has 14 heavy (non-hydrogen) atoms. The monoisotopic (exact) mass is 215 g/mol. The van der Waals surface area contributed by atoms with E-state index in [1.165, 1.54) is 11.3 Å². The Kier molecular flexibility index (Phi) is 4.45.